The second kappa shape index (κ2) is 40.7. The lowest BCUT2D eigenvalue weighted by atomic mass is 10.1. The van der Waals surface area contributed by atoms with Crippen LogP contribution in [0.25, 0.3) is 223 Å². The molecule has 0 radical (unpaired) electrons. The van der Waals surface area contributed by atoms with Crippen molar-refractivity contribution >= 4 is 169 Å². The number of hydrogen-bond donors (Lipinski definition) is 12. The Bertz CT molecular complexity index is 9120. The minimum absolute atomic E-state index is 0.0406. The highest BCUT2D eigenvalue weighted by atomic mass is 35.5. The van der Waals surface area contributed by atoms with Crippen LogP contribution in [0.2, 0.25) is 15.1 Å². The van der Waals surface area contributed by atoms with Gasteiger partial charge in [-0.25, -0.2) is 39.9 Å². The SMILES string of the molecule is CC(C)C(=O)Nc1cncc(-c2cnc3n[nH]c(-c4nc5c(-c6cccc(Cl)c6)cncc5[nH]4)c3c2)c1.CC(C)CC(=O)Nc1cncc(-c2cnc3n[nH]c(-c4nc5c(-c6cccc(Cl)c6)cncc5[nH]4)c3c2)c1.CCC(=O)Nc1cncc(-c2cnc3n[nH]c(-c4nc5c(-c6cccc(Cl)c6)cncc5[nH]4)c3c2)c1.CCC(=O)Nc1cncc(-c2cnc3n[nH]c(-c4nc5c(-c6ccccn6)cncc5[nH]4)c3c2)c1. The zero-order valence-electron chi connectivity index (χ0n) is 78.3. The first-order chi connectivity index (χ1) is 71.2. The molecule has 40 heteroatoms. The molecule has 24 aromatic rings. The van der Waals surface area contributed by atoms with E-state index in [4.69, 9.17) is 54.7 Å². The number of benzene rings is 3. The molecule has 0 aliphatic carbocycles. The van der Waals surface area contributed by atoms with Crippen molar-refractivity contribution in [2.75, 3.05) is 21.3 Å². The summed E-state index contributed by atoms with van der Waals surface area (Å²) in [5, 5.41) is 46.3. The number of amides is 4. The van der Waals surface area contributed by atoms with E-state index in [2.05, 4.69) is 147 Å². The monoisotopic (exact) mass is 1990 g/mol. The Kier molecular flexibility index (Phi) is 26.1. The number of rotatable bonds is 21. The van der Waals surface area contributed by atoms with Crippen LogP contribution in [0.5, 0.6) is 0 Å². The predicted octanol–water partition coefficient (Wildman–Crippen LogP) is 22.1. The van der Waals surface area contributed by atoms with Crippen LogP contribution in [-0.2, 0) is 19.2 Å². The summed E-state index contributed by atoms with van der Waals surface area (Å²) in [6, 6.07) is 44.0. The second-order valence-corrected chi connectivity index (χ2v) is 35.9. The maximum Gasteiger partial charge on any atom is 0.226 e. The second-order valence-electron chi connectivity index (χ2n) is 34.6. The van der Waals surface area contributed by atoms with Crippen LogP contribution >= 0.6 is 34.8 Å². The molecular formula is C106H82Cl3N33O4. The number of carbonyl (C=O) groups is 4. The third-order valence-corrected chi connectivity index (χ3v) is 24.4. The molecule has 0 saturated carbocycles. The smallest absolute Gasteiger partial charge is 0.226 e. The molecule has 37 nitrogen and oxygen atoms in total. The van der Waals surface area contributed by atoms with Crippen molar-refractivity contribution in [3.63, 3.8) is 0 Å². The van der Waals surface area contributed by atoms with Crippen molar-refractivity contribution in [1.29, 1.82) is 0 Å². The van der Waals surface area contributed by atoms with Crippen molar-refractivity contribution in [2.24, 2.45) is 11.8 Å². The summed E-state index contributed by atoms with van der Waals surface area (Å²) in [5.41, 5.74) is 27.5. The molecule has 3 aromatic carbocycles. The Morgan fingerprint density at radius 1 is 0.301 bits per heavy atom. The number of anilines is 4. The zero-order chi connectivity index (χ0) is 100. The largest absolute Gasteiger partial charge is 0.335 e. The van der Waals surface area contributed by atoms with Crippen molar-refractivity contribution in [3.05, 3.63) is 285 Å². The van der Waals surface area contributed by atoms with Gasteiger partial charge in [-0.1, -0.05) is 119 Å². The molecule has 0 fully saturated rings. The van der Waals surface area contributed by atoms with Crippen LogP contribution in [0.4, 0.5) is 22.7 Å². The van der Waals surface area contributed by atoms with E-state index in [1.807, 2.05) is 167 Å². The average molecular weight is 1990 g/mol. The van der Waals surface area contributed by atoms with E-state index in [1.165, 1.54) is 0 Å². The van der Waals surface area contributed by atoms with Gasteiger partial charge in [0.2, 0.25) is 23.6 Å². The summed E-state index contributed by atoms with van der Waals surface area (Å²) in [4.78, 5) is 138. The Hall–Kier alpha value is -18.9. The summed E-state index contributed by atoms with van der Waals surface area (Å²) in [6.45, 7) is 11.3. The van der Waals surface area contributed by atoms with Gasteiger partial charge in [0.25, 0.3) is 0 Å². The summed E-state index contributed by atoms with van der Waals surface area (Å²) in [7, 11) is 0. The predicted molar refractivity (Wildman–Crippen MR) is 564 cm³/mol. The summed E-state index contributed by atoms with van der Waals surface area (Å²) >= 11 is 18.7. The first-order valence-corrected chi connectivity index (χ1v) is 47.3. The van der Waals surface area contributed by atoms with E-state index in [9.17, 15) is 19.2 Å². The topological polar surface area (TPSA) is 513 Å². The van der Waals surface area contributed by atoms with E-state index in [-0.39, 0.29) is 35.5 Å². The average Bonchev–Trinajstić information content (AvgIpc) is 1.62. The number of halogens is 3. The highest BCUT2D eigenvalue weighted by molar-refractivity contribution is 6.31. The van der Waals surface area contributed by atoms with Crippen molar-refractivity contribution in [2.45, 2.75) is 60.8 Å². The molecule has 0 spiro atoms. The van der Waals surface area contributed by atoms with Crippen molar-refractivity contribution in [1.82, 2.24) is 145 Å². The lowest BCUT2D eigenvalue weighted by Crippen LogP contribution is -2.17. The molecule has 12 N–H and O–H groups in total. The first-order valence-electron chi connectivity index (χ1n) is 46.1. The number of H-pyrrole nitrogens is 8. The molecule has 21 heterocycles. The van der Waals surface area contributed by atoms with E-state index in [0.717, 1.165) is 155 Å². The fourth-order valence-corrected chi connectivity index (χ4v) is 17.1. The third kappa shape index (κ3) is 19.9. The number of imidazole rings is 4. The minimum Gasteiger partial charge on any atom is -0.335 e. The number of aromatic nitrogens is 29. The van der Waals surface area contributed by atoms with Crippen LogP contribution in [0, 0.1) is 11.8 Å². The van der Waals surface area contributed by atoms with Gasteiger partial charge in [0.15, 0.2) is 45.9 Å². The number of fused-ring (bicyclic) bond motifs is 8. The van der Waals surface area contributed by atoms with Crippen LogP contribution in [0.3, 0.4) is 0 Å². The van der Waals surface area contributed by atoms with Crippen LogP contribution < -0.4 is 21.3 Å². The molecule has 0 aliphatic heterocycles. The Morgan fingerprint density at radius 3 is 0.904 bits per heavy atom. The number of hydrogen-bond acceptors (Lipinski definition) is 25. The van der Waals surface area contributed by atoms with Crippen LogP contribution in [0.1, 0.15) is 60.8 Å². The van der Waals surface area contributed by atoms with E-state index >= 15 is 0 Å². The zero-order valence-corrected chi connectivity index (χ0v) is 80.6. The molecule has 0 bridgehead atoms. The molecule has 0 saturated heterocycles. The van der Waals surface area contributed by atoms with E-state index < -0.39 is 0 Å². The van der Waals surface area contributed by atoms with Gasteiger partial charge in [-0.2, -0.15) is 20.4 Å². The van der Waals surface area contributed by atoms with Crippen LogP contribution in [0.15, 0.2) is 270 Å². The van der Waals surface area contributed by atoms with Gasteiger partial charge in [-0.05, 0) is 120 Å². The fraction of sp³-hybridized carbons (Fsp3) is 0.104. The number of aromatic amines is 8. The number of pyridine rings is 13. The molecule has 4 amide bonds. The van der Waals surface area contributed by atoms with Crippen molar-refractivity contribution < 1.29 is 19.2 Å². The van der Waals surface area contributed by atoms with Crippen molar-refractivity contribution in [3.8, 4) is 135 Å². The molecule has 716 valence electrons. The fourth-order valence-electron chi connectivity index (χ4n) is 16.5. The van der Waals surface area contributed by atoms with Gasteiger partial charge in [0, 0.05) is 188 Å². The lowest BCUT2D eigenvalue weighted by molar-refractivity contribution is -0.119. The van der Waals surface area contributed by atoms with E-state index in [1.54, 1.807) is 144 Å². The summed E-state index contributed by atoms with van der Waals surface area (Å²) in [6.07, 6.45) is 37.4. The summed E-state index contributed by atoms with van der Waals surface area (Å²) in [5.74, 6) is 2.35. The molecular weight excluding hydrogens is 1910 g/mol. The Labute approximate surface area is 842 Å². The molecule has 0 aliphatic rings. The summed E-state index contributed by atoms with van der Waals surface area (Å²) < 4.78 is 0. The molecule has 0 unspecified atom stereocenters. The first kappa shape index (κ1) is 93.4. The van der Waals surface area contributed by atoms with Gasteiger partial charge < -0.3 is 41.2 Å². The molecule has 21 aromatic heterocycles. The maximum absolute atomic E-state index is 12.2. The molecule has 24 rings (SSSR count). The molecule has 0 atom stereocenters. The third-order valence-electron chi connectivity index (χ3n) is 23.7. The van der Waals surface area contributed by atoms with E-state index in [0.29, 0.717) is 126 Å². The quantitative estimate of drug-likeness (QED) is 0.0318. The van der Waals surface area contributed by atoms with Gasteiger partial charge in [-0.15, -0.1) is 0 Å². The van der Waals surface area contributed by atoms with Gasteiger partial charge in [0.05, 0.1) is 138 Å². The standard InChI is InChI=1S/C28H23ClN8O.C27H21ClN8O.C26H19ClN8O.C25H19N9O/c1-15(2)6-24(38)33-20-8-17(10-30-12-20)18-9-21-26(36-37-27(21)32-11-18)28-34-23-14-31-13-22(25(23)35-28)16-4-3-5-19(29)7-16;1-14(2)27(37)32-19-7-16(9-29-11-19)17-8-20-24(35-36-25(20)31-10-17)26-33-22-13-30-12-21(23(22)34-26)15-4-3-5-18(28)6-15;1-2-22(36)31-18-7-15(9-28-11-18)16-8-19-24(34-35-25(19)30-10-16)26-32-21-13-29-12-20(23(21)33-26)14-4-3-5-17(27)6-14;1-2-21(35)30-16-7-14(9-26-11-16)15-8-17-23(33-34-24(17)29-10-15)25-31-20-13-27-12-18(22(20)32-25)19-5-3-4-6-28-19/h3-5,7-15H,6H2,1-2H3,(H,33,38)(H,34,35)(H,32,36,37);3-14H,1-2H3,(H,32,37)(H,33,34)(H,31,35,36);3-13H,2H2,1H3,(H,31,36)(H,32,33)(H,30,34,35);3-13H,2H2,1H3,(H,30,35)(H,31,32)(H,29,33,34). The van der Waals surface area contributed by atoms with Gasteiger partial charge in [-0.3, -0.25) is 84.4 Å². The highest BCUT2D eigenvalue weighted by Crippen LogP contribution is 2.41. The number of nitrogens with zero attached hydrogens (tertiary/aromatic N) is 21. The number of carbonyl (C=O) groups excluding carboxylic acids is 4. The van der Waals surface area contributed by atoms with Gasteiger partial charge in [0.1, 0.15) is 28.3 Å². The maximum atomic E-state index is 12.2. The van der Waals surface area contributed by atoms with Crippen LogP contribution in [-0.4, -0.2) is 169 Å². The normalized spacial score (nSPS) is 11.4. The Morgan fingerprint density at radius 2 is 0.603 bits per heavy atom. The van der Waals surface area contributed by atoms with Gasteiger partial charge >= 0.3 is 0 Å². The Balaban J connectivity index is 0.000000114. The number of nitrogens with one attached hydrogen (secondary N) is 12. The molecule has 146 heavy (non-hydrogen) atoms. The highest BCUT2D eigenvalue weighted by Gasteiger charge is 2.25. The lowest BCUT2D eigenvalue weighted by Gasteiger charge is -2.09. The minimum atomic E-state index is -0.131.